The number of nitrogens with zero attached hydrogens (tertiary/aromatic N) is 3. The lowest BCUT2D eigenvalue weighted by Gasteiger charge is -2.31. The van der Waals surface area contributed by atoms with Crippen LogP contribution in [0.4, 0.5) is 17.6 Å². The van der Waals surface area contributed by atoms with Gasteiger partial charge in [-0.25, -0.2) is 14.4 Å². The highest BCUT2D eigenvalue weighted by Gasteiger charge is 2.57. The molecule has 1 aromatic carbocycles. The van der Waals surface area contributed by atoms with Crippen LogP contribution in [0, 0.1) is 5.82 Å². The van der Waals surface area contributed by atoms with Crippen LogP contribution < -0.4 is 20.5 Å². The van der Waals surface area contributed by atoms with Crippen molar-refractivity contribution in [2.45, 2.75) is 44.1 Å². The normalized spacial score (nSPS) is 17.8. The molecule has 4 heterocycles. The molecule has 0 saturated heterocycles. The second-order valence-electron chi connectivity index (χ2n) is 10.7. The zero-order chi connectivity index (χ0) is 31.3. The Morgan fingerprint density at radius 3 is 2.49 bits per heavy atom. The van der Waals surface area contributed by atoms with Gasteiger partial charge in [0.15, 0.2) is 0 Å². The van der Waals surface area contributed by atoms with Crippen LogP contribution in [0.3, 0.4) is 0 Å². The van der Waals surface area contributed by atoms with Crippen LogP contribution in [0.15, 0.2) is 54.9 Å². The number of nitrogens with two attached hydrogens (primary N) is 1. The number of amides is 2. The van der Waals surface area contributed by atoms with Crippen molar-refractivity contribution in [1.82, 2.24) is 19.7 Å². The van der Waals surface area contributed by atoms with E-state index in [4.69, 9.17) is 15.2 Å². The van der Waals surface area contributed by atoms with E-state index in [-0.39, 0.29) is 41.0 Å². The number of rotatable bonds is 8. The Morgan fingerprint density at radius 1 is 1.16 bits per heavy atom. The summed E-state index contributed by atoms with van der Waals surface area (Å²) in [4.78, 5) is 33.5. The summed E-state index contributed by atoms with van der Waals surface area (Å²) in [5.41, 5.74) is -0.579. The molecule has 2 atom stereocenters. The van der Waals surface area contributed by atoms with E-state index < -0.39 is 47.1 Å². The Kier molecular flexibility index (Phi) is 7.28. The lowest BCUT2D eigenvalue weighted by Crippen LogP contribution is -2.52. The van der Waals surface area contributed by atoms with E-state index in [1.807, 2.05) is 13.8 Å². The fourth-order valence-corrected chi connectivity index (χ4v) is 4.66. The minimum Gasteiger partial charge on any atom is -0.489 e. The molecule has 0 spiro atoms. The Hall–Kier alpha value is -4.72. The molecule has 10 nitrogen and oxygen atoms in total. The molecular weight excluding hydrogens is 574 g/mol. The number of imidazole rings is 1. The van der Waals surface area contributed by atoms with Crippen molar-refractivity contribution in [1.29, 1.82) is 0 Å². The van der Waals surface area contributed by atoms with Crippen molar-refractivity contribution < 1.29 is 41.7 Å². The molecule has 14 heteroatoms. The van der Waals surface area contributed by atoms with E-state index in [0.717, 1.165) is 18.2 Å². The molecule has 4 aromatic rings. The van der Waals surface area contributed by atoms with Gasteiger partial charge in [-0.05, 0) is 63.2 Å². The molecule has 2 amide bonds. The van der Waals surface area contributed by atoms with Crippen LogP contribution in [0.5, 0.6) is 11.5 Å². The van der Waals surface area contributed by atoms with E-state index in [0.29, 0.717) is 11.4 Å². The van der Waals surface area contributed by atoms with Crippen LogP contribution in [0.2, 0.25) is 0 Å². The first kappa shape index (κ1) is 29.8. The number of hydrogen-bond acceptors (Lipinski definition) is 7. The van der Waals surface area contributed by atoms with Crippen molar-refractivity contribution >= 4 is 17.5 Å². The molecule has 226 valence electrons. The van der Waals surface area contributed by atoms with E-state index in [1.165, 1.54) is 29.7 Å². The Labute approximate surface area is 242 Å². The summed E-state index contributed by atoms with van der Waals surface area (Å²) in [7, 11) is 0. The predicted molar refractivity (Wildman–Crippen MR) is 145 cm³/mol. The summed E-state index contributed by atoms with van der Waals surface area (Å²) in [5.74, 6) is -2.03. The number of benzene rings is 1. The highest BCUT2D eigenvalue weighted by atomic mass is 19.4. The van der Waals surface area contributed by atoms with Crippen molar-refractivity contribution in [2.24, 2.45) is 5.73 Å². The lowest BCUT2D eigenvalue weighted by atomic mass is 9.81. The highest BCUT2D eigenvalue weighted by Crippen LogP contribution is 2.47. The number of carbonyl (C=O) groups is 2. The van der Waals surface area contributed by atoms with Crippen LogP contribution in [-0.2, 0) is 15.8 Å². The van der Waals surface area contributed by atoms with Crippen LogP contribution in [0.25, 0.3) is 16.9 Å². The van der Waals surface area contributed by atoms with Crippen molar-refractivity contribution in [3.05, 3.63) is 77.6 Å². The second-order valence-corrected chi connectivity index (χ2v) is 10.7. The maximum Gasteiger partial charge on any atom is 0.424 e. The molecule has 1 aliphatic heterocycles. The third kappa shape index (κ3) is 5.33. The fraction of sp³-hybridized carbons (Fsp3) is 0.310. The van der Waals surface area contributed by atoms with Gasteiger partial charge in [0.1, 0.15) is 46.4 Å². The molecule has 0 aliphatic carbocycles. The molecule has 0 radical (unpaired) electrons. The van der Waals surface area contributed by atoms with E-state index in [1.54, 1.807) is 18.3 Å². The number of pyridine rings is 2. The smallest absolute Gasteiger partial charge is 0.424 e. The molecule has 0 bridgehead atoms. The molecule has 4 N–H and O–H groups in total. The molecule has 43 heavy (non-hydrogen) atoms. The van der Waals surface area contributed by atoms with Crippen LogP contribution in [-0.4, -0.2) is 56.7 Å². The van der Waals surface area contributed by atoms with Gasteiger partial charge < -0.3 is 30.0 Å². The minimum absolute atomic E-state index is 0.0317. The number of nitrogens with one attached hydrogen (secondary N) is 1. The molecule has 5 rings (SSSR count). The Bertz CT molecular complexity index is 1720. The zero-order valence-corrected chi connectivity index (χ0v) is 23.2. The highest BCUT2D eigenvalue weighted by molar-refractivity contribution is 5.93. The maximum absolute atomic E-state index is 14.6. The summed E-state index contributed by atoms with van der Waals surface area (Å²) in [6.45, 7) is 3.40. The van der Waals surface area contributed by atoms with Gasteiger partial charge in [-0.3, -0.25) is 9.59 Å². The summed E-state index contributed by atoms with van der Waals surface area (Å²) >= 11 is 0. The largest absolute Gasteiger partial charge is 0.489 e. The van der Waals surface area contributed by atoms with Crippen molar-refractivity contribution in [3.63, 3.8) is 0 Å². The van der Waals surface area contributed by atoms with Gasteiger partial charge in [0.25, 0.3) is 5.91 Å². The first-order chi connectivity index (χ1) is 20.1. The Balaban J connectivity index is 1.53. The van der Waals surface area contributed by atoms with Gasteiger partial charge in [-0.2, -0.15) is 13.2 Å². The first-order valence-electron chi connectivity index (χ1n) is 13.1. The van der Waals surface area contributed by atoms with E-state index in [9.17, 15) is 32.3 Å². The molecular formula is C29H27F4N5O5. The fourth-order valence-electron chi connectivity index (χ4n) is 4.66. The number of hydrogen-bond donors (Lipinski definition) is 3. The predicted octanol–water partition coefficient (Wildman–Crippen LogP) is 3.64. The quantitative estimate of drug-likeness (QED) is 0.262. The zero-order valence-electron chi connectivity index (χ0n) is 23.2. The number of aliphatic hydroxyl groups is 1. The first-order valence-corrected chi connectivity index (χ1v) is 13.1. The standard InChI is InChI=1S/C29H27F4N5O5/c1-15(2)43-18-8-9-22-36-20(12-38(22)11-18)25(39)35-13-28(41,29(31,32)33)21-10-19-24(42-14-27(19,3)26(34)40)23(37-21)16-4-6-17(30)7-5-16/h4-12,15,41H,13-14H2,1-3H3,(H2,34,40)(H,35,39)/t27-,28?/m0/s1. The van der Waals surface area contributed by atoms with Gasteiger partial charge in [0, 0.05) is 17.3 Å². The number of fused-ring (bicyclic) bond motifs is 2. The average molecular weight is 602 g/mol. The summed E-state index contributed by atoms with van der Waals surface area (Å²) < 4.78 is 70.2. The van der Waals surface area contributed by atoms with Gasteiger partial charge in [0.2, 0.25) is 11.5 Å². The van der Waals surface area contributed by atoms with E-state index in [2.05, 4.69) is 15.3 Å². The minimum atomic E-state index is -5.35. The lowest BCUT2D eigenvalue weighted by molar-refractivity contribution is -0.265. The number of primary amides is 1. The number of carbonyl (C=O) groups excluding carboxylic acids is 2. The van der Waals surface area contributed by atoms with Gasteiger partial charge >= 0.3 is 6.18 Å². The summed E-state index contributed by atoms with van der Waals surface area (Å²) in [6, 6.07) is 8.77. The summed E-state index contributed by atoms with van der Waals surface area (Å²) in [6.07, 6.45) is -2.60. The van der Waals surface area contributed by atoms with Gasteiger partial charge in [-0.15, -0.1) is 0 Å². The van der Waals surface area contributed by atoms with Gasteiger partial charge in [-0.1, -0.05) is 0 Å². The molecule has 3 aromatic heterocycles. The average Bonchev–Trinajstić information content (AvgIpc) is 3.52. The molecule has 0 saturated carbocycles. The monoisotopic (exact) mass is 601 g/mol. The number of aromatic nitrogens is 3. The molecule has 0 fully saturated rings. The summed E-state index contributed by atoms with van der Waals surface area (Å²) in [5, 5.41) is 13.3. The molecule has 1 unspecified atom stereocenters. The topological polar surface area (TPSA) is 141 Å². The third-order valence-electron chi connectivity index (χ3n) is 7.16. The van der Waals surface area contributed by atoms with Crippen molar-refractivity contribution in [3.8, 4) is 22.8 Å². The van der Waals surface area contributed by atoms with Gasteiger partial charge in [0.05, 0.1) is 24.5 Å². The third-order valence-corrected chi connectivity index (χ3v) is 7.16. The number of ether oxygens (including phenoxy) is 2. The SMILES string of the molecule is CC(C)Oc1ccc2nc(C(=O)NCC(O)(c3cc4c(c(-c5ccc(F)cc5)n3)OC[C@]4(C)C(N)=O)C(F)(F)F)cn2c1. The number of halogens is 4. The Morgan fingerprint density at radius 2 is 1.86 bits per heavy atom. The van der Waals surface area contributed by atoms with Crippen LogP contribution >= 0.6 is 0 Å². The molecule has 1 aliphatic rings. The van der Waals surface area contributed by atoms with Crippen LogP contribution in [0.1, 0.15) is 42.5 Å². The van der Waals surface area contributed by atoms with E-state index >= 15 is 0 Å². The number of alkyl halides is 3. The van der Waals surface area contributed by atoms with Crippen molar-refractivity contribution in [2.75, 3.05) is 13.2 Å². The maximum atomic E-state index is 14.6. The second kappa shape index (κ2) is 10.5.